The average Bonchev–Trinajstić information content (AvgIpc) is 2.59. The van der Waals surface area contributed by atoms with Gasteiger partial charge in [-0.05, 0) is 12.0 Å². The number of benzene rings is 1. The number of nitrogens with zero attached hydrogens (tertiary/aromatic N) is 1. The van der Waals surface area contributed by atoms with Crippen molar-refractivity contribution in [2.24, 2.45) is 4.99 Å². The maximum Gasteiger partial charge on any atom is 0.123 e. The minimum absolute atomic E-state index is 0.456. The number of hydrogen-bond donors (Lipinski definition) is 0. The molecule has 0 N–H and O–H groups in total. The molecule has 1 heterocycles. The first-order valence-corrected chi connectivity index (χ1v) is 5.04. The van der Waals surface area contributed by atoms with Crippen LogP contribution in [0.15, 0.2) is 35.3 Å². The molecular formula is C10H10NS. The van der Waals surface area contributed by atoms with Gasteiger partial charge in [-0.3, -0.25) is 4.99 Å². The predicted molar refractivity (Wildman–Crippen MR) is 53.8 cm³/mol. The SMILES string of the molecule is [C]1=NC(Cc2ccccc2)CS1. The summed E-state index contributed by atoms with van der Waals surface area (Å²) in [4.78, 5) is 4.24. The summed E-state index contributed by atoms with van der Waals surface area (Å²) in [5, 5.41) is 0. The van der Waals surface area contributed by atoms with E-state index in [1.54, 1.807) is 11.8 Å². The highest BCUT2D eigenvalue weighted by molar-refractivity contribution is 8.12. The third-order valence-electron chi connectivity index (χ3n) is 1.89. The molecule has 1 unspecified atom stereocenters. The first-order valence-electron chi connectivity index (χ1n) is 4.06. The summed E-state index contributed by atoms with van der Waals surface area (Å²) in [5.74, 6) is 1.09. The molecule has 2 rings (SSSR count). The quantitative estimate of drug-likeness (QED) is 0.673. The Morgan fingerprint density at radius 1 is 1.42 bits per heavy atom. The van der Waals surface area contributed by atoms with Crippen LogP contribution in [0.25, 0.3) is 0 Å². The van der Waals surface area contributed by atoms with E-state index in [0.29, 0.717) is 6.04 Å². The van der Waals surface area contributed by atoms with Gasteiger partial charge in [0.15, 0.2) is 0 Å². The molecule has 0 bridgehead atoms. The standard InChI is InChI=1S/C10H10NS/c1-2-4-9(5-3-1)6-10-7-12-8-11-10/h1-5,10H,6-7H2. The van der Waals surface area contributed by atoms with Gasteiger partial charge >= 0.3 is 0 Å². The van der Waals surface area contributed by atoms with Gasteiger partial charge in [-0.2, -0.15) is 0 Å². The van der Waals surface area contributed by atoms with E-state index in [-0.39, 0.29) is 0 Å². The molecule has 0 saturated carbocycles. The summed E-state index contributed by atoms with van der Waals surface area (Å²) in [6.07, 6.45) is 1.06. The summed E-state index contributed by atoms with van der Waals surface area (Å²) >= 11 is 1.68. The van der Waals surface area contributed by atoms with Crippen molar-refractivity contribution < 1.29 is 0 Å². The normalized spacial score (nSPS) is 21.5. The van der Waals surface area contributed by atoms with Crippen molar-refractivity contribution in [3.63, 3.8) is 0 Å². The van der Waals surface area contributed by atoms with Crippen molar-refractivity contribution in [2.75, 3.05) is 5.75 Å². The lowest BCUT2D eigenvalue weighted by Gasteiger charge is -2.04. The van der Waals surface area contributed by atoms with Crippen LogP contribution in [0.5, 0.6) is 0 Å². The Kier molecular flexibility index (Phi) is 2.47. The lowest BCUT2D eigenvalue weighted by molar-refractivity contribution is 0.764. The number of aliphatic imine (C=N–C) groups is 1. The number of thioether (sulfide) groups is 1. The van der Waals surface area contributed by atoms with Crippen LogP contribution in [0.1, 0.15) is 5.56 Å². The van der Waals surface area contributed by atoms with Crippen LogP contribution in [-0.2, 0) is 6.42 Å². The molecule has 61 valence electrons. The summed E-state index contributed by atoms with van der Waals surface area (Å²) in [5.41, 5.74) is 4.31. The molecule has 0 aromatic heterocycles. The molecule has 1 aromatic rings. The molecule has 1 atom stereocenters. The zero-order valence-corrected chi connectivity index (χ0v) is 7.55. The van der Waals surface area contributed by atoms with Crippen molar-refractivity contribution >= 4 is 17.3 Å². The molecule has 0 saturated heterocycles. The fraction of sp³-hybridized carbons (Fsp3) is 0.300. The Bertz CT molecular complexity index is 268. The van der Waals surface area contributed by atoms with Crippen molar-refractivity contribution in [1.82, 2.24) is 0 Å². The van der Waals surface area contributed by atoms with Crippen molar-refractivity contribution in [2.45, 2.75) is 12.5 Å². The van der Waals surface area contributed by atoms with E-state index in [1.165, 1.54) is 5.56 Å². The molecule has 1 aliphatic heterocycles. The maximum atomic E-state index is 4.24. The van der Waals surface area contributed by atoms with Gasteiger partial charge in [-0.1, -0.05) is 30.3 Å². The van der Waals surface area contributed by atoms with Gasteiger partial charge in [-0.25, -0.2) is 0 Å². The first-order chi connectivity index (χ1) is 5.95. The van der Waals surface area contributed by atoms with E-state index < -0.39 is 0 Å². The molecule has 0 amide bonds. The smallest absolute Gasteiger partial charge is 0.123 e. The molecular weight excluding hydrogens is 166 g/mol. The molecule has 2 heteroatoms. The van der Waals surface area contributed by atoms with Gasteiger partial charge in [0, 0.05) is 5.75 Å². The molecule has 0 fully saturated rings. The van der Waals surface area contributed by atoms with Gasteiger partial charge in [0.1, 0.15) is 5.55 Å². The van der Waals surface area contributed by atoms with Crippen LogP contribution >= 0.6 is 11.8 Å². The number of hydrogen-bond acceptors (Lipinski definition) is 2. The van der Waals surface area contributed by atoms with Gasteiger partial charge in [0.25, 0.3) is 0 Å². The Balaban J connectivity index is 1.99. The predicted octanol–water partition coefficient (Wildman–Crippen LogP) is 2.25. The third kappa shape index (κ3) is 1.89. The molecule has 1 nitrogen and oxygen atoms in total. The van der Waals surface area contributed by atoms with Crippen LogP contribution in [0.2, 0.25) is 0 Å². The highest BCUT2D eigenvalue weighted by Crippen LogP contribution is 2.15. The van der Waals surface area contributed by atoms with Crippen LogP contribution in [-0.4, -0.2) is 17.3 Å². The molecule has 12 heavy (non-hydrogen) atoms. The number of rotatable bonds is 2. The fourth-order valence-electron chi connectivity index (χ4n) is 1.27. The van der Waals surface area contributed by atoms with Gasteiger partial charge in [-0.15, -0.1) is 11.8 Å². The monoisotopic (exact) mass is 176 g/mol. The minimum atomic E-state index is 0.456. The summed E-state index contributed by atoms with van der Waals surface area (Å²) in [7, 11) is 0. The van der Waals surface area contributed by atoms with Gasteiger partial charge < -0.3 is 0 Å². The highest BCUT2D eigenvalue weighted by atomic mass is 32.2. The minimum Gasteiger partial charge on any atom is -0.271 e. The topological polar surface area (TPSA) is 12.4 Å². The highest BCUT2D eigenvalue weighted by Gasteiger charge is 2.11. The van der Waals surface area contributed by atoms with Gasteiger partial charge in [0.2, 0.25) is 0 Å². The van der Waals surface area contributed by atoms with E-state index in [0.717, 1.165) is 12.2 Å². The Morgan fingerprint density at radius 3 is 2.92 bits per heavy atom. The molecule has 0 spiro atoms. The third-order valence-corrected chi connectivity index (χ3v) is 2.68. The second-order valence-electron chi connectivity index (χ2n) is 2.87. The molecule has 0 aliphatic carbocycles. The molecule has 1 aliphatic rings. The van der Waals surface area contributed by atoms with E-state index in [4.69, 9.17) is 0 Å². The summed E-state index contributed by atoms with van der Waals surface area (Å²) in [6, 6.07) is 11.0. The lowest BCUT2D eigenvalue weighted by Crippen LogP contribution is -2.07. The van der Waals surface area contributed by atoms with E-state index in [9.17, 15) is 0 Å². The van der Waals surface area contributed by atoms with Crippen molar-refractivity contribution in [3.05, 3.63) is 35.9 Å². The second-order valence-corrected chi connectivity index (χ2v) is 3.68. The van der Waals surface area contributed by atoms with Crippen LogP contribution in [0, 0.1) is 0 Å². The van der Waals surface area contributed by atoms with Crippen LogP contribution < -0.4 is 0 Å². The summed E-state index contributed by atoms with van der Waals surface area (Å²) in [6.45, 7) is 0. The van der Waals surface area contributed by atoms with E-state index in [1.807, 2.05) is 6.07 Å². The Morgan fingerprint density at radius 2 is 2.25 bits per heavy atom. The van der Waals surface area contributed by atoms with E-state index >= 15 is 0 Å². The lowest BCUT2D eigenvalue weighted by atomic mass is 10.1. The molecule has 1 radical (unpaired) electrons. The first kappa shape index (κ1) is 7.87. The zero-order valence-electron chi connectivity index (χ0n) is 6.73. The maximum absolute atomic E-state index is 4.24. The zero-order chi connectivity index (χ0) is 8.23. The molecule has 1 aromatic carbocycles. The van der Waals surface area contributed by atoms with Gasteiger partial charge in [0.05, 0.1) is 6.04 Å². The van der Waals surface area contributed by atoms with Crippen molar-refractivity contribution in [3.8, 4) is 0 Å². The van der Waals surface area contributed by atoms with Crippen molar-refractivity contribution in [1.29, 1.82) is 0 Å². The Hall–Kier alpha value is -0.760. The van der Waals surface area contributed by atoms with E-state index in [2.05, 4.69) is 34.8 Å². The summed E-state index contributed by atoms with van der Waals surface area (Å²) < 4.78 is 0. The average molecular weight is 176 g/mol. The largest absolute Gasteiger partial charge is 0.271 e. The van der Waals surface area contributed by atoms with Crippen LogP contribution in [0.4, 0.5) is 0 Å². The van der Waals surface area contributed by atoms with Crippen LogP contribution in [0.3, 0.4) is 0 Å². The Labute approximate surface area is 76.9 Å². The second kappa shape index (κ2) is 3.76. The fourth-order valence-corrected chi connectivity index (χ4v) is 1.96.